The molecule has 8 heteroatoms. The highest BCUT2D eigenvalue weighted by Gasteiger charge is 2.34. The highest BCUT2D eigenvalue weighted by molar-refractivity contribution is 6.33. The Labute approximate surface area is 138 Å². The fourth-order valence-electron chi connectivity index (χ4n) is 2.61. The Balaban J connectivity index is 2.08. The zero-order valence-corrected chi connectivity index (χ0v) is 13.9. The summed E-state index contributed by atoms with van der Waals surface area (Å²) < 4.78 is 31.5. The molecule has 0 spiro atoms. The van der Waals surface area contributed by atoms with Crippen molar-refractivity contribution in [1.82, 2.24) is 4.98 Å². The first-order valence-electron chi connectivity index (χ1n) is 7.34. The highest BCUT2D eigenvalue weighted by Crippen LogP contribution is 2.34. The fraction of sp³-hybridized carbons (Fsp3) is 0.600. The van der Waals surface area contributed by atoms with E-state index < -0.39 is 17.6 Å². The van der Waals surface area contributed by atoms with Gasteiger partial charge in [-0.1, -0.05) is 11.6 Å². The van der Waals surface area contributed by atoms with Crippen molar-refractivity contribution in [3.8, 4) is 0 Å². The van der Waals surface area contributed by atoms with Crippen molar-refractivity contribution >= 4 is 23.4 Å². The van der Waals surface area contributed by atoms with Crippen molar-refractivity contribution < 1.29 is 18.3 Å². The number of nitrogens with two attached hydrogens (primary N) is 1. The number of piperidine rings is 1. The molecule has 1 amide bonds. The zero-order chi connectivity index (χ0) is 17.3. The first kappa shape index (κ1) is 17.7. The van der Waals surface area contributed by atoms with Crippen molar-refractivity contribution in [3.63, 3.8) is 0 Å². The molecule has 2 rings (SSSR count). The van der Waals surface area contributed by atoms with Crippen LogP contribution in [0.3, 0.4) is 0 Å². The van der Waals surface area contributed by atoms with Crippen LogP contribution < -0.4 is 10.6 Å². The molecule has 128 valence electrons. The lowest BCUT2D eigenvalue weighted by Gasteiger charge is -2.33. The molecule has 1 fully saturated rings. The van der Waals surface area contributed by atoms with Gasteiger partial charge in [-0.3, -0.25) is 4.98 Å². The monoisotopic (exact) mass is 347 g/mol. The van der Waals surface area contributed by atoms with E-state index in [2.05, 4.69) is 4.98 Å². The van der Waals surface area contributed by atoms with Crippen molar-refractivity contribution in [3.05, 3.63) is 23.0 Å². The van der Waals surface area contributed by atoms with Crippen LogP contribution in [0.25, 0.3) is 0 Å². The van der Waals surface area contributed by atoms with Crippen LogP contribution in [-0.4, -0.2) is 35.7 Å². The molecular weight excluding hydrogens is 328 g/mol. The third kappa shape index (κ3) is 4.92. The Kier molecular flexibility index (Phi) is 4.98. The number of halogens is 3. The van der Waals surface area contributed by atoms with Crippen LogP contribution in [0.1, 0.15) is 32.4 Å². The number of pyridine rings is 1. The SMILES string of the molecule is CC(C)(Cc1cc(Cl)c(N2CCC(F)(F)CC2)cn1)OC(N)=O. The average Bonchev–Trinajstić information content (AvgIpc) is 2.37. The zero-order valence-electron chi connectivity index (χ0n) is 13.1. The summed E-state index contributed by atoms with van der Waals surface area (Å²) in [6.07, 6.45) is 0.678. The van der Waals surface area contributed by atoms with Crippen LogP contribution in [0.15, 0.2) is 12.3 Å². The summed E-state index contributed by atoms with van der Waals surface area (Å²) in [5, 5.41) is 0.440. The molecule has 0 radical (unpaired) electrons. The van der Waals surface area contributed by atoms with Gasteiger partial charge in [-0.15, -0.1) is 0 Å². The molecule has 23 heavy (non-hydrogen) atoms. The van der Waals surface area contributed by atoms with E-state index in [1.54, 1.807) is 26.1 Å². The summed E-state index contributed by atoms with van der Waals surface area (Å²) >= 11 is 6.27. The molecule has 0 aliphatic carbocycles. The lowest BCUT2D eigenvalue weighted by atomic mass is 10.0. The lowest BCUT2D eigenvalue weighted by molar-refractivity contribution is -0.0220. The third-order valence-corrected chi connectivity index (χ3v) is 4.01. The van der Waals surface area contributed by atoms with E-state index in [0.29, 0.717) is 22.8 Å². The molecule has 2 N–H and O–H groups in total. The number of amides is 1. The van der Waals surface area contributed by atoms with Crippen LogP contribution in [0.2, 0.25) is 5.02 Å². The van der Waals surface area contributed by atoms with E-state index in [9.17, 15) is 13.6 Å². The molecule has 1 aliphatic heterocycles. The number of nitrogens with zero attached hydrogens (tertiary/aromatic N) is 2. The Morgan fingerprint density at radius 3 is 2.61 bits per heavy atom. The molecule has 0 atom stereocenters. The van der Waals surface area contributed by atoms with Crippen molar-refractivity contribution in [2.45, 2.75) is 44.6 Å². The molecule has 0 saturated carbocycles. The smallest absolute Gasteiger partial charge is 0.405 e. The number of rotatable bonds is 4. The number of primary amides is 1. The van der Waals surface area contributed by atoms with E-state index in [0.717, 1.165) is 0 Å². The minimum atomic E-state index is -2.60. The molecule has 1 aromatic heterocycles. The van der Waals surface area contributed by atoms with E-state index in [-0.39, 0.29) is 25.9 Å². The van der Waals surface area contributed by atoms with Gasteiger partial charge in [-0.2, -0.15) is 0 Å². The molecule has 1 saturated heterocycles. The number of carbonyl (C=O) groups excluding carboxylic acids is 1. The second-order valence-electron chi connectivity index (χ2n) is 6.33. The number of aromatic nitrogens is 1. The van der Waals surface area contributed by atoms with Gasteiger partial charge >= 0.3 is 6.09 Å². The maximum absolute atomic E-state index is 13.2. The molecule has 0 unspecified atom stereocenters. The van der Waals surface area contributed by atoms with Gasteiger partial charge in [0.25, 0.3) is 5.92 Å². The van der Waals surface area contributed by atoms with Crippen molar-refractivity contribution in [1.29, 1.82) is 0 Å². The van der Waals surface area contributed by atoms with E-state index in [1.807, 2.05) is 4.90 Å². The predicted molar refractivity (Wildman–Crippen MR) is 84.1 cm³/mol. The van der Waals surface area contributed by atoms with Gasteiger partial charge in [-0.25, -0.2) is 13.6 Å². The summed E-state index contributed by atoms with van der Waals surface area (Å²) in [4.78, 5) is 17.0. The summed E-state index contributed by atoms with van der Waals surface area (Å²) in [6.45, 7) is 3.91. The van der Waals surface area contributed by atoms with Crippen molar-refractivity contribution in [2.75, 3.05) is 18.0 Å². The van der Waals surface area contributed by atoms with Crippen molar-refractivity contribution in [2.24, 2.45) is 5.73 Å². The molecule has 1 aliphatic rings. The number of anilines is 1. The Hall–Kier alpha value is -1.63. The van der Waals surface area contributed by atoms with Crippen LogP contribution in [0, 0.1) is 0 Å². The van der Waals surface area contributed by atoms with Crippen LogP contribution in [0.5, 0.6) is 0 Å². The van der Waals surface area contributed by atoms with Crippen LogP contribution >= 0.6 is 11.6 Å². The quantitative estimate of drug-likeness (QED) is 0.906. The fourth-order valence-corrected chi connectivity index (χ4v) is 2.91. The molecule has 0 bridgehead atoms. The predicted octanol–water partition coefficient (Wildman–Crippen LogP) is 3.39. The molecular formula is C15H20ClF2N3O2. The second-order valence-corrected chi connectivity index (χ2v) is 6.73. The first-order valence-corrected chi connectivity index (χ1v) is 7.71. The number of alkyl halides is 2. The summed E-state index contributed by atoms with van der Waals surface area (Å²) in [7, 11) is 0. The molecule has 0 aromatic carbocycles. The number of hydrogen-bond donors (Lipinski definition) is 1. The average molecular weight is 348 g/mol. The number of carbonyl (C=O) groups is 1. The van der Waals surface area contributed by atoms with Gasteiger partial charge in [0.1, 0.15) is 5.60 Å². The van der Waals surface area contributed by atoms with Crippen LogP contribution in [0.4, 0.5) is 19.3 Å². The highest BCUT2D eigenvalue weighted by atomic mass is 35.5. The second kappa shape index (κ2) is 6.47. The minimum Gasteiger partial charge on any atom is -0.443 e. The van der Waals surface area contributed by atoms with Gasteiger partial charge in [0, 0.05) is 38.0 Å². The summed E-state index contributed by atoms with van der Waals surface area (Å²) in [6, 6.07) is 1.66. The summed E-state index contributed by atoms with van der Waals surface area (Å²) in [5.74, 6) is -2.60. The van der Waals surface area contributed by atoms with E-state index in [1.165, 1.54) is 0 Å². The summed E-state index contributed by atoms with van der Waals surface area (Å²) in [5.41, 5.74) is 5.49. The number of ether oxygens (including phenoxy) is 1. The Morgan fingerprint density at radius 1 is 1.48 bits per heavy atom. The lowest BCUT2D eigenvalue weighted by Crippen LogP contribution is -2.39. The Bertz CT molecular complexity index is 586. The molecule has 5 nitrogen and oxygen atoms in total. The third-order valence-electron chi connectivity index (χ3n) is 3.71. The van der Waals surface area contributed by atoms with Gasteiger partial charge < -0.3 is 15.4 Å². The number of hydrogen-bond acceptors (Lipinski definition) is 4. The van der Waals surface area contributed by atoms with Crippen LogP contribution in [-0.2, 0) is 11.2 Å². The first-order chi connectivity index (χ1) is 10.6. The maximum Gasteiger partial charge on any atom is 0.405 e. The van der Waals surface area contributed by atoms with E-state index >= 15 is 0 Å². The maximum atomic E-state index is 13.2. The minimum absolute atomic E-state index is 0.190. The standard InChI is InChI=1S/C15H20ClF2N3O2/c1-14(2,23-13(19)22)8-10-7-11(16)12(9-20-10)21-5-3-15(17,18)4-6-21/h7,9H,3-6,8H2,1-2H3,(H2,19,22). The topological polar surface area (TPSA) is 68.5 Å². The molecule has 2 heterocycles. The van der Waals surface area contributed by atoms with Gasteiger partial charge in [0.05, 0.1) is 16.9 Å². The molecule has 1 aromatic rings. The van der Waals surface area contributed by atoms with E-state index in [4.69, 9.17) is 22.1 Å². The van der Waals surface area contributed by atoms with Gasteiger partial charge in [-0.05, 0) is 19.9 Å². The normalized spacial score (nSPS) is 17.9. The van der Waals surface area contributed by atoms with Gasteiger partial charge in [0.2, 0.25) is 0 Å². The largest absolute Gasteiger partial charge is 0.443 e. The van der Waals surface area contributed by atoms with Gasteiger partial charge in [0.15, 0.2) is 0 Å². The Morgan fingerprint density at radius 2 is 2.09 bits per heavy atom.